The number of carboxylic acids is 1. The molecule has 0 aliphatic carbocycles. The van der Waals surface area contributed by atoms with Crippen molar-refractivity contribution in [3.05, 3.63) is 132 Å². The second kappa shape index (κ2) is 15.5. The number of carbonyl (C=O) groups is 3. The second-order valence-electron chi connectivity index (χ2n) is 11.5. The first kappa shape index (κ1) is 32.0. The summed E-state index contributed by atoms with van der Waals surface area (Å²) in [7, 11) is 0. The number of aliphatic carboxylic acids is 1. The van der Waals surface area contributed by atoms with Crippen LogP contribution in [0.4, 0.5) is 4.79 Å². The Labute approximate surface area is 259 Å². The average Bonchev–Trinajstić information content (AvgIpc) is 3.03. The average molecular weight is 593 g/mol. The van der Waals surface area contributed by atoms with E-state index in [0.29, 0.717) is 6.54 Å². The van der Waals surface area contributed by atoms with Crippen LogP contribution in [-0.4, -0.2) is 46.6 Å². The number of carboxylic acid groups (broad SMARTS) is 1. The van der Waals surface area contributed by atoms with Crippen molar-refractivity contribution >= 4 is 18.0 Å². The van der Waals surface area contributed by atoms with E-state index in [-0.39, 0.29) is 38.3 Å². The highest BCUT2D eigenvalue weighted by molar-refractivity contribution is 5.87. The molecule has 0 radical (unpaired) electrons. The molecule has 7 nitrogen and oxygen atoms in total. The number of nitrogens with zero attached hydrogens (tertiary/aromatic N) is 1. The lowest BCUT2D eigenvalue weighted by Gasteiger charge is -2.34. The molecule has 1 unspecified atom stereocenters. The van der Waals surface area contributed by atoms with Crippen LogP contribution < -0.4 is 5.32 Å². The maximum absolute atomic E-state index is 13.9. The van der Waals surface area contributed by atoms with Gasteiger partial charge in [0.15, 0.2) is 0 Å². The summed E-state index contributed by atoms with van der Waals surface area (Å²) in [6, 6.07) is 35.8. The van der Waals surface area contributed by atoms with Crippen LogP contribution >= 0.6 is 0 Å². The van der Waals surface area contributed by atoms with Crippen molar-refractivity contribution in [1.82, 2.24) is 10.2 Å². The summed E-state index contributed by atoms with van der Waals surface area (Å²) in [6.07, 6.45) is 0.141. The molecule has 4 aromatic carbocycles. The lowest BCUT2D eigenvalue weighted by atomic mass is 9.84. The van der Waals surface area contributed by atoms with Crippen molar-refractivity contribution < 1.29 is 24.2 Å². The van der Waals surface area contributed by atoms with E-state index < -0.39 is 23.5 Å². The van der Waals surface area contributed by atoms with Crippen molar-refractivity contribution in [2.75, 3.05) is 13.1 Å². The predicted molar refractivity (Wildman–Crippen MR) is 172 cm³/mol. The van der Waals surface area contributed by atoms with Crippen molar-refractivity contribution in [3.8, 4) is 11.1 Å². The van der Waals surface area contributed by atoms with Gasteiger partial charge in [-0.05, 0) is 33.7 Å². The number of esters is 1. The minimum absolute atomic E-state index is 0.00908. The predicted octanol–water partition coefficient (Wildman–Crippen LogP) is 6.76. The molecule has 0 saturated carbocycles. The lowest BCUT2D eigenvalue weighted by molar-refractivity contribution is -0.146. The summed E-state index contributed by atoms with van der Waals surface area (Å²) in [5.74, 6) is -1.47. The Morgan fingerprint density at radius 3 is 1.91 bits per heavy atom. The van der Waals surface area contributed by atoms with Gasteiger partial charge in [0.25, 0.3) is 0 Å². The minimum atomic E-state index is -1.64. The van der Waals surface area contributed by atoms with Crippen LogP contribution in [0.3, 0.4) is 0 Å². The molecular weight excluding hydrogens is 552 g/mol. The van der Waals surface area contributed by atoms with Gasteiger partial charge in [0.05, 0.1) is 6.42 Å². The number of amides is 2. The molecule has 44 heavy (non-hydrogen) atoms. The maximum atomic E-state index is 13.9. The molecule has 0 aromatic heterocycles. The van der Waals surface area contributed by atoms with Crippen molar-refractivity contribution in [3.63, 3.8) is 0 Å². The minimum Gasteiger partial charge on any atom is -0.479 e. The Balaban J connectivity index is 1.56. The number of nitrogens with one attached hydrogen (secondary N) is 1. The van der Waals surface area contributed by atoms with Crippen molar-refractivity contribution in [2.45, 2.75) is 45.3 Å². The van der Waals surface area contributed by atoms with Crippen molar-refractivity contribution in [2.24, 2.45) is 5.92 Å². The van der Waals surface area contributed by atoms with E-state index >= 15 is 0 Å². The second-order valence-corrected chi connectivity index (χ2v) is 11.5. The van der Waals surface area contributed by atoms with Gasteiger partial charge in [-0.25, -0.2) is 9.59 Å². The third kappa shape index (κ3) is 9.30. The molecule has 0 heterocycles. The van der Waals surface area contributed by atoms with Gasteiger partial charge < -0.3 is 20.1 Å². The molecule has 0 fully saturated rings. The van der Waals surface area contributed by atoms with E-state index in [1.807, 2.05) is 129 Å². The fraction of sp³-hybridized carbons (Fsp3) is 0.270. The number of rotatable bonds is 14. The zero-order chi connectivity index (χ0) is 31.4. The van der Waals surface area contributed by atoms with Gasteiger partial charge in [-0.15, -0.1) is 0 Å². The summed E-state index contributed by atoms with van der Waals surface area (Å²) in [5.41, 5.74) is 2.78. The monoisotopic (exact) mass is 592 g/mol. The van der Waals surface area contributed by atoms with Crippen LogP contribution in [0.15, 0.2) is 115 Å². The van der Waals surface area contributed by atoms with Gasteiger partial charge in [0.2, 0.25) is 0 Å². The number of carbonyl (C=O) groups excluding carboxylic acids is 2. The highest BCUT2D eigenvalue weighted by Gasteiger charge is 2.41. The smallest absolute Gasteiger partial charge is 0.330 e. The largest absolute Gasteiger partial charge is 0.479 e. The molecule has 0 aliphatic heterocycles. The van der Waals surface area contributed by atoms with E-state index in [4.69, 9.17) is 4.74 Å². The molecule has 7 heteroatoms. The summed E-state index contributed by atoms with van der Waals surface area (Å²) in [4.78, 5) is 41.1. The van der Waals surface area contributed by atoms with Gasteiger partial charge in [0.1, 0.15) is 12.1 Å². The molecule has 4 aromatic rings. The summed E-state index contributed by atoms with van der Waals surface area (Å²) >= 11 is 0. The number of hydrogen-bond acceptors (Lipinski definition) is 4. The van der Waals surface area contributed by atoms with Gasteiger partial charge in [-0.3, -0.25) is 4.79 Å². The molecule has 1 atom stereocenters. The van der Waals surface area contributed by atoms with E-state index in [2.05, 4.69) is 5.32 Å². The molecule has 0 aliphatic rings. The molecule has 0 spiro atoms. The van der Waals surface area contributed by atoms with Gasteiger partial charge >= 0.3 is 18.0 Å². The Bertz CT molecular complexity index is 1510. The van der Waals surface area contributed by atoms with Gasteiger partial charge in [-0.1, -0.05) is 129 Å². The third-order valence-corrected chi connectivity index (χ3v) is 7.35. The van der Waals surface area contributed by atoms with Crippen LogP contribution in [0.2, 0.25) is 0 Å². The van der Waals surface area contributed by atoms with Crippen LogP contribution in [0.1, 0.15) is 37.0 Å². The number of urea groups is 1. The number of hydrogen-bond donors (Lipinski definition) is 2. The van der Waals surface area contributed by atoms with E-state index in [9.17, 15) is 19.5 Å². The lowest BCUT2D eigenvalue weighted by Crippen LogP contribution is -2.61. The molecule has 0 bridgehead atoms. The van der Waals surface area contributed by atoms with Gasteiger partial charge in [-0.2, -0.15) is 0 Å². The van der Waals surface area contributed by atoms with Crippen LogP contribution in [-0.2, 0) is 33.8 Å². The Morgan fingerprint density at radius 1 is 0.750 bits per heavy atom. The van der Waals surface area contributed by atoms with Crippen LogP contribution in [0.25, 0.3) is 11.1 Å². The van der Waals surface area contributed by atoms with Gasteiger partial charge in [0, 0.05) is 25.9 Å². The Morgan fingerprint density at radius 2 is 1.30 bits per heavy atom. The van der Waals surface area contributed by atoms with Crippen molar-refractivity contribution in [1.29, 1.82) is 0 Å². The molecule has 0 saturated heterocycles. The molecule has 4 rings (SSSR count). The summed E-state index contributed by atoms with van der Waals surface area (Å²) < 4.78 is 5.42. The third-order valence-electron chi connectivity index (χ3n) is 7.35. The zero-order valence-corrected chi connectivity index (χ0v) is 25.3. The van der Waals surface area contributed by atoms with E-state index in [1.165, 1.54) is 4.90 Å². The molecule has 228 valence electrons. The fourth-order valence-electron chi connectivity index (χ4n) is 5.18. The SMILES string of the molecule is CC(C)CN(CCC(=O)OCc1ccccc1)C(=O)NC(Cc1ccccc1)(Cc1cccc(-c2ccccc2)c1)C(=O)O. The van der Waals surface area contributed by atoms with E-state index in [0.717, 1.165) is 27.8 Å². The van der Waals surface area contributed by atoms with Crippen LogP contribution in [0, 0.1) is 5.92 Å². The summed E-state index contributed by atoms with van der Waals surface area (Å²) in [6.45, 7) is 4.54. The zero-order valence-electron chi connectivity index (χ0n) is 25.3. The normalized spacial score (nSPS) is 12.2. The quantitative estimate of drug-likeness (QED) is 0.158. The fourth-order valence-corrected chi connectivity index (χ4v) is 5.18. The molecule has 2 N–H and O–H groups in total. The summed E-state index contributed by atoms with van der Waals surface area (Å²) in [5, 5.41) is 13.6. The Kier molecular flexibility index (Phi) is 11.3. The highest BCUT2D eigenvalue weighted by atomic mass is 16.5. The first-order valence-electron chi connectivity index (χ1n) is 14.9. The first-order chi connectivity index (χ1) is 21.2. The van der Waals surface area contributed by atoms with E-state index in [1.54, 1.807) is 0 Å². The molecular formula is C37H40N2O5. The van der Waals surface area contributed by atoms with Crippen LogP contribution in [0.5, 0.6) is 0 Å². The topological polar surface area (TPSA) is 95.9 Å². The maximum Gasteiger partial charge on any atom is 0.330 e. The standard InChI is InChI=1S/C37H40N2O5/c1-28(2)26-39(22-21-34(40)44-27-30-15-8-4-9-16-30)36(43)38-37(35(41)42,24-29-13-6-3-7-14-29)25-31-17-12-20-33(23-31)32-18-10-5-11-19-32/h3-20,23,28H,21-22,24-27H2,1-2H3,(H,38,43)(H,41,42). The highest BCUT2D eigenvalue weighted by Crippen LogP contribution is 2.25. The molecule has 2 amide bonds. The first-order valence-corrected chi connectivity index (χ1v) is 14.9. The Hall–Kier alpha value is -4.91. The number of ether oxygens (including phenoxy) is 1. The number of benzene rings is 4.